The largest absolute Gasteiger partial charge is 0.496 e. The Morgan fingerprint density at radius 2 is 1.61 bits per heavy atom. The summed E-state index contributed by atoms with van der Waals surface area (Å²) in [7, 11) is 1.54. The van der Waals surface area contributed by atoms with Crippen LogP contribution in [0, 0.1) is 16.7 Å². The molecule has 0 aliphatic rings. The van der Waals surface area contributed by atoms with Crippen molar-refractivity contribution >= 4 is 28.3 Å². The highest BCUT2D eigenvalue weighted by Crippen LogP contribution is 2.48. The van der Waals surface area contributed by atoms with Gasteiger partial charge in [0.05, 0.1) is 13.2 Å². The molecule has 164 valence electrons. The fourth-order valence-electron chi connectivity index (χ4n) is 4.50. The van der Waals surface area contributed by atoms with Gasteiger partial charge in [0.15, 0.2) is 5.41 Å². The smallest absolute Gasteiger partial charge is 0.325 e. The molecule has 4 nitrogen and oxygen atoms in total. The van der Waals surface area contributed by atoms with Crippen molar-refractivity contribution in [1.82, 2.24) is 0 Å². The standard InChI is InChI=1S/C28H22ClNO3/c1-33-25-16-7-5-13-23(25)26(22-14-8-11-19-9-2-4-12-21(19)22)28(18-30,27(31)32)17-20-10-3-6-15-24(20)29/h2-16,26H,17H2,1H3,(H,31,32)/t26?,28-/m1/s1. The number of nitrogens with zero attached hydrogens (tertiary/aromatic N) is 1. The topological polar surface area (TPSA) is 70.3 Å². The third kappa shape index (κ3) is 4.04. The van der Waals surface area contributed by atoms with Crippen molar-refractivity contribution in [1.29, 1.82) is 5.26 Å². The van der Waals surface area contributed by atoms with Crippen LogP contribution in [0.3, 0.4) is 0 Å². The molecule has 4 rings (SSSR count). The lowest BCUT2D eigenvalue weighted by Gasteiger charge is -2.34. The molecule has 5 heteroatoms. The van der Waals surface area contributed by atoms with Crippen LogP contribution in [0.1, 0.15) is 22.6 Å². The van der Waals surface area contributed by atoms with Crippen molar-refractivity contribution in [2.45, 2.75) is 12.3 Å². The van der Waals surface area contributed by atoms with E-state index < -0.39 is 17.3 Å². The molecule has 0 spiro atoms. The number of para-hydroxylation sites is 1. The number of rotatable bonds is 7. The van der Waals surface area contributed by atoms with Crippen LogP contribution < -0.4 is 4.74 Å². The molecule has 1 N–H and O–H groups in total. The Hall–Kier alpha value is -3.81. The third-order valence-electron chi connectivity index (χ3n) is 6.09. The fourth-order valence-corrected chi connectivity index (χ4v) is 4.70. The molecule has 0 heterocycles. The highest BCUT2D eigenvalue weighted by atomic mass is 35.5. The van der Waals surface area contributed by atoms with Crippen LogP contribution in [0.25, 0.3) is 10.8 Å². The lowest BCUT2D eigenvalue weighted by Crippen LogP contribution is -2.39. The zero-order valence-electron chi connectivity index (χ0n) is 18.0. The number of carboxylic acids is 1. The molecule has 4 aromatic rings. The van der Waals surface area contributed by atoms with Gasteiger partial charge in [-0.3, -0.25) is 4.79 Å². The normalized spacial score (nSPS) is 13.6. The summed E-state index contributed by atoms with van der Waals surface area (Å²) in [6.07, 6.45) is -0.0650. The first-order valence-corrected chi connectivity index (χ1v) is 10.9. The van der Waals surface area contributed by atoms with Crippen molar-refractivity contribution in [3.8, 4) is 11.8 Å². The number of hydrogen-bond acceptors (Lipinski definition) is 3. The molecule has 0 saturated carbocycles. The molecule has 0 fully saturated rings. The first-order chi connectivity index (χ1) is 16.0. The van der Waals surface area contributed by atoms with E-state index in [1.807, 2.05) is 60.7 Å². The van der Waals surface area contributed by atoms with E-state index in [1.165, 1.54) is 0 Å². The molecule has 1 unspecified atom stereocenters. The van der Waals surface area contributed by atoms with Crippen LogP contribution >= 0.6 is 11.6 Å². The highest BCUT2D eigenvalue weighted by molar-refractivity contribution is 6.31. The average molecular weight is 456 g/mol. The molecular weight excluding hydrogens is 434 g/mol. The molecule has 0 saturated heterocycles. The summed E-state index contributed by atoms with van der Waals surface area (Å²) < 4.78 is 5.62. The second-order valence-electron chi connectivity index (χ2n) is 7.90. The summed E-state index contributed by atoms with van der Waals surface area (Å²) in [6.45, 7) is 0. The quantitative estimate of drug-likeness (QED) is 0.346. The number of benzene rings is 4. The number of halogens is 1. The van der Waals surface area contributed by atoms with Crippen molar-refractivity contribution < 1.29 is 14.6 Å². The predicted octanol–water partition coefficient (Wildman–Crippen LogP) is 6.47. The summed E-state index contributed by atoms with van der Waals surface area (Å²) in [5.74, 6) is -1.51. The maximum absolute atomic E-state index is 13.0. The monoisotopic (exact) mass is 455 g/mol. The fraction of sp³-hybridized carbons (Fsp3) is 0.143. The number of ether oxygens (including phenoxy) is 1. The average Bonchev–Trinajstić information content (AvgIpc) is 2.85. The Morgan fingerprint density at radius 3 is 2.33 bits per heavy atom. The van der Waals surface area contributed by atoms with E-state index in [0.29, 0.717) is 21.9 Å². The maximum atomic E-state index is 13.0. The van der Waals surface area contributed by atoms with E-state index in [4.69, 9.17) is 16.3 Å². The van der Waals surface area contributed by atoms with Crippen molar-refractivity contribution in [2.75, 3.05) is 7.11 Å². The van der Waals surface area contributed by atoms with Gasteiger partial charge in [-0.2, -0.15) is 5.26 Å². The Bertz CT molecular complexity index is 1360. The van der Waals surface area contributed by atoms with Gasteiger partial charge in [-0.15, -0.1) is 0 Å². The number of carbonyl (C=O) groups is 1. The summed E-state index contributed by atoms with van der Waals surface area (Å²) in [5.41, 5.74) is 0.133. The van der Waals surface area contributed by atoms with Crippen LogP contribution in [-0.2, 0) is 11.2 Å². The maximum Gasteiger partial charge on any atom is 0.325 e. The Kier molecular flexibility index (Phi) is 6.35. The number of methoxy groups -OCH3 is 1. The number of hydrogen-bond donors (Lipinski definition) is 1. The van der Waals surface area contributed by atoms with E-state index in [1.54, 1.807) is 37.4 Å². The lowest BCUT2D eigenvalue weighted by molar-refractivity contribution is -0.146. The van der Waals surface area contributed by atoms with E-state index in [0.717, 1.165) is 16.3 Å². The molecule has 0 bridgehead atoms. The van der Waals surface area contributed by atoms with Gasteiger partial charge in [-0.05, 0) is 34.0 Å². The SMILES string of the molecule is COc1ccccc1C(c1cccc2ccccc12)[C@](C#N)(Cc1ccccc1Cl)C(=O)O. The molecule has 0 aromatic heterocycles. The van der Waals surface area contributed by atoms with Gasteiger partial charge in [0.25, 0.3) is 0 Å². The minimum Gasteiger partial charge on any atom is -0.496 e. The first kappa shape index (κ1) is 22.4. The van der Waals surface area contributed by atoms with E-state index in [-0.39, 0.29) is 6.42 Å². The van der Waals surface area contributed by atoms with Gasteiger partial charge in [-0.1, -0.05) is 90.5 Å². The van der Waals surface area contributed by atoms with Gasteiger partial charge in [0.2, 0.25) is 0 Å². The van der Waals surface area contributed by atoms with Crippen molar-refractivity contribution in [3.05, 3.63) is 113 Å². The number of carboxylic acid groups (broad SMARTS) is 1. The van der Waals surface area contributed by atoms with Crippen LogP contribution in [0.15, 0.2) is 91.0 Å². The molecule has 33 heavy (non-hydrogen) atoms. The predicted molar refractivity (Wildman–Crippen MR) is 130 cm³/mol. The van der Waals surface area contributed by atoms with Gasteiger partial charge < -0.3 is 9.84 Å². The summed E-state index contributed by atoms with van der Waals surface area (Å²) >= 11 is 6.42. The van der Waals surface area contributed by atoms with Gasteiger partial charge >= 0.3 is 5.97 Å². The lowest BCUT2D eigenvalue weighted by atomic mass is 9.65. The molecule has 0 aliphatic carbocycles. The van der Waals surface area contributed by atoms with Crippen LogP contribution in [-0.4, -0.2) is 18.2 Å². The summed E-state index contributed by atoms with van der Waals surface area (Å²) in [4.78, 5) is 13.0. The highest BCUT2D eigenvalue weighted by Gasteiger charge is 2.50. The summed E-state index contributed by atoms with van der Waals surface area (Å²) in [5, 5.41) is 23.4. The number of aliphatic carboxylic acids is 1. The molecule has 4 aromatic carbocycles. The second-order valence-corrected chi connectivity index (χ2v) is 8.31. The minimum atomic E-state index is -1.84. The van der Waals surface area contributed by atoms with Gasteiger partial charge in [-0.25, -0.2) is 0 Å². The molecule has 0 radical (unpaired) electrons. The number of nitriles is 1. The molecule has 2 atom stereocenters. The van der Waals surface area contributed by atoms with Crippen LogP contribution in [0.2, 0.25) is 5.02 Å². The van der Waals surface area contributed by atoms with Crippen molar-refractivity contribution in [3.63, 3.8) is 0 Å². The van der Waals surface area contributed by atoms with Gasteiger partial charge in [0, 0.05) is 22.9 Å². The van der Waals surface area contributed by atoms with Crippen LogP contribution in [0.4, 0.5) is 0 Å². The van der Waals surface area contributed by atoms with E-state index in [2.05, 4.69) is 6.07 Å². The third-order valence-corrected chi connectivity index (χ3v) is 6.45. The second kappa shape index (κ2) is 9.36. The minimum absolute atomic E-state index is 0.0650. The molecule has 0 aliphatic heterocycles. The molecule has 0 amide bonds. The first-order valence-electron chi connectivity index (χ1n) is 10.5. The van der Waals surface area contributed by atoms with Crippen molar-refractivity contribution in [2.24, 2.45) is 5.41 Å². The van der Waals surface area contributed by atoms with Gasteiger partial charge in [0.1, 0.15) is 5.75 Å². The molecular formula is C28H22ClNO3. The summed E-state index contributed by atoms with van der Waals surface area (Å²) in [6, 6.07) is 30.0. The number of fused-ring (bicyclic) bond motifs is 1. The Morgan fingerprint density at radius 1 is 0.970 bits per heavy atom. The van der Waals surface area contributed by atoms with E-state index in [9.17, 15) is 15.2 Å². The van der Waals surface area contributed by atoms with E-state index >= 15 is 0 Å². The zero-order chi connectivity index (χ0) is 23.4. The Labute approximate surface area is 197 Å². The van der Waals surface area contributed by atoms with Crippen LogP contribution in [0.5, 0.6) is 5.75 Å². The Balaban J connectivity index is 2.07. The zero-order valence-corrected chi connectivity index (χ0v) is 18.8.